The Morgan fingerprint density at radius 2 is 2.11 bits per heavy atom. The molecule has 0 fully saturated rings. The number of hydrogen-bond donors (Lipinski definition) is 3. The van der Waals surface area contributed by atoms with Gasteiger partial charge in [0.2, 0.25) is 0 Å². The molecule has 5 heteroatoms. The summed E-state index contributed by atoms with van der Waals surface area (Å²) in [5, 5.41) is 13.5. The Kier molecular flexibility index (Phi) is 5.05. The van der Waals surface area contributed by atoms with E-state index in [0.717, 1.165) is 31.5 Å². The molecule has 0 aliphatic heterocycles. The molecular formula is C22H23N3O2. The van der Waals surface area contributed by atoms with Crippen LogP contribution in [0.1, 0.15) is 29.2 Å². The lowest BCUT2D eigenvalue weighted by atomic mass is 10.0. The van der Waals surface area contributed by atoms with Gasteiger partial charge in [0.05, 0.1) is 0 Å². The van der Waals surface area contributed by atoms with E-state index < -0.39 is 5.91 Å². The van der Waals surface area contributed by atoms with Crippen LogP contribution in [0.2, 0.25) is 0 Å². The highest BCUT2D eigenvalue weighted by Crippen LogP contribution is 2.32. The zero-order chi connectivity index (χ0) is 18.6. The van der Waals surface area contributed by atoms with Crippen molar-refractivity contribution in [1.82, 2.24) is 15.4 Å². The summed E-state index contributed by atoms with van der Waals surface area (Å²) in [6.45, 7) is 1.86. The first-order chi connectivity index (χ1) is 13.2. The Morgan fingerprint density at radius 1 is 1.22 bits per heavy atom. The van der Waals surface area contributed by atoms with Crippen LogP contribution in [0.4, 0.5) is 0 Å². The van der Waals surface area contributed by atoms with Crippen LogP contribution in [0.15, 0.2) is 60.8 Å². The maximum atomic E-state index is 11.1. The summed E-state index contributed by atoms with van der Waals surface area (Å²) in [5.41, 5.74) is 6.51. The van der Waals surface area contributed by atoms with Crippen LogP contribution in [0.3, 0.4) is 0 Å². The molecule has 5 nitrogen and oxygen atoms in total. The van der Waals surface area contributed by atoms with Gasteiger partial charge in [0.1, 0.15) is 0 Å². The molecule has 1 atom stereocenters. The number of amides is 1. The van der Waals surface area contributed by atoms with Gasteiger partial charge in [0.15, 0.2) is 0 Å². The van der Waals surface area contributed by atoms with Gasteiger partial charge < -0.3 is 9.88 Å². The van der Waals surface area contributed by atoms with Crippen molar-refractivity contribution in [3.63, 3.8) is 0 Å². The van der Waals surface area contributed by atoms with Gasteiger partial charge in [-0.15, -0.1) is 0 Å². The second-order valence-corrected chi connectivity index (χ2v) is 6.88. The smallest absolute Gasteiger partial charge is 0.267 e. The Morgan fingerprint density at radius 3 is 3.00 bits per heavy atom. The van der Waals surface area contributed by atoms with Gasteiger partial charge in [-0.25, -0.2) is 5.48 Å². The van der Waals surface area contributed by atoms with Crippen LogP contribution < -0.4 is 10.8 Å². The highest BCUT2D eigenvalue weighted by molar-refractivity contribution is 5.90. The number of carbonyl (C=O) groups is 1. The molecule has 1 aromatic heterocycles. The molecule has 2 aromatic carbocycles. The standard InChI is InChI=1S/C22H23N3O2/c26-22(24-27)10-6-16-5-8-19-18(15-16)7-9-20(19)23-12-14-25-13-11-17-3-1-2-4-21(17)25/h1-6,8,10-11,13,15,20,23,27H,7,9,12,14H2,(H,24,26)/b10-6+. The van der Waals surface area contributed by atoms with Crippen molar-refractivity contribution in [2.24, 2.45) is 0 Å². The van der Waals surface area contributed by atoms with E-state index >= 15 is 0 Å². The van der Waals surface area contributed by atoms with Crippen molar-refractivity contribution in [2.75, 3.05) is 6.54 Å². The molecule has 1 heterocycles. The lowest BCUT2D eigenvalue weighted by molar-refractivity contribution is -0.124. The first kappa shape index (κ1) is 17.5. The molecule has 1 aliphatic rings. The molecule has 27 heavy (non-hydrogen) atoms. The Labute approximate surface area is 158 Å². The normalized spacial score (nSPS) is 16.1. The number of hydrogen-bond acceptors (Lipinski definition) is 3. The second kappa shape index (κ2) is 7.78. The Hall–Kier alpha value is -2.89. The monoisotopic (exact) mass is 361 g/mol. The number of aromatic nitrogens is 1. The largest absolute Gasteiger partial charge is 0.346 e. The first-order valence-corrected chi connectivity index (χ1v) is 9.27. The summed E-state index contributed by atoms with van der Waals surface area (Å²) in [7, 11) is 0. The summed E-state index contributed by atoms with van der Waals surface area (Å²) in [6.07, 6.45) is 7.31. The maximum absolute atomic E-state index is 11.1. The summed E-state index contributed by atoms with van der Waals surface area (Å²) in [4.78, 5) is 11.1. The van der Waals surface area contributed by atoms with Crippen molar-refractivity contribution < 1.29 is 10.0 Å². The minimum absolute atomic E-state index is 0.376. The van der Waals surface area contributed by atoms with Crippen molar-refractivity contribution >= 4 is 22.9 Å². The topological polar surface area (TPSA) is 66.3 Å². The number of nitrogens with zero attached hydrogens (tertiary/aromatic N) is 1. The highest BCUT2D eigenvalue weighted by atomic mass is 16.5. The lowest BCUT2D eigenvalue weighted by Gasteiger charge is -2.15. The van der Waals surface area contributed by atoms with Crippen LogP contribution in [0, 0.1) is 0 Å². The molecule has 0 spiro atoms. The van der Waals surface area contributed by atoms with E-state index in [-0.39, 0.29) is 0 Å². The fraction of sp³-hybridized carbons (Fsp3) is 0.227. The fourth-order valence-corrected chi connectivity index (χ4v) is 3.86. The molecule has 1 unspecified atom stereocenters. The number of nitrogens with one attached hydrogen (secondary N) is 2. The van der Waals surface area contributed by atoms with Crippen LogP contribution in [0.25, 0.3) is 17.0 Å². The van der Waals surface area contributed by atoms with Crippen molar-refractivity contribution in [1.29, 1.82) is 0 Å². The predicted molar refractivity (Wildman–Crippen MR) is 106 cm³/mol. The minimum atomic E-state index is -0.521. The molecule has 4 rings (SSSR count). The third kappa shape index (κ3) is 3.79. The highest BCUT2D eigenvalue weighted by Gasteiger charge is 2.21. The zero-order valence-corrected chi connectivity index (χ0v) is 15.1. The van der Waals surface area contributed by atoms with E-state index in [2.05, 4.69) is 58.5 Å². The van der Waals surface area contributed by atoms with E-state index in [1.807, 2.05) is 6.07 Å². The zero-order valence-electron chi connectivity index (χ0n) is 15.1. The molecule has 1 aliphatic carbocycles. The molecule has 3 N–H and O–H groups in total. The quantitative estimate of drug-likeness (QED) is 0.358. The van der Waals surface area contributed by atoms with Crippen LogP contribution in [-0.4, -0.2) is 22.2 Å². The Balaban J connectivity index is 1.38. The van der Waals surface area contributed by atoms with Gasteiger partial charge in [0, 0.05) is 36.9 Å². The molecule has 1 amide bonds. The average molecular weight is 361 g/mol. The van der Waals surface area contributed by atoms with Gasteiger partial charge in [-0.2, -0.15) is 0 Å². The van der Waals surface area contributed by atoms with E-state index in [4.69, 9.17) is 5.21 Å². The minimum Gasteiger partial charge on any atom is -0.346 e. The van der Waals surface area contributed by atoms with Crippen molar-refractivity contribution in [2.45, 2.75) is 25.4 Å². The number of carbonyl (C=O) groups excluding carboxylic acids is 1. The number of fused-ring (bicyclic) bond motifs is 2. The number of aryl methyl sites for hydroxylation is 1. The molecule has 138 valence electrons. The van der Waals surface area contributed by atoms with Gasteiger partial charge in [-0.1, -0.05) is 36.4 Å². The third-order valence-corrected chi connectivity index (χ3v) is 5.21. The van der Waals surface area contributed by atoms with E-state index in [0.29, 0.717) is 6.04 Å². The van der Waals surface area contributed by atoms with Gasteiger partial charge in [-0.05, 0) is 53.1 Å². The second-order valence-electron chi connectivity index (χ2n) is 6.88. The summed E-state index contributed by atoms with van der Waals surface area (Å²) in [6, 6.07) is 17.3. The summed E-state index contributed by atoms with van der Waals surface area (Å²) < 4.78 is 2.29. The van der Waals surface area contributed by atoms with Crippen LogP contribution in [0.5, 0.6) is 0 Å². The van der Waals surface area contributed by atoms with Gasteiger partial charge in [0.25, 0.3) is 5.91 Å². The van der Waals surface area contributed by atoms with Gasteiger partial charge >= 0.3 is 0 Å². The van der Waals surface area contributed by atoms with Gasteiger partial charge in [-0.3, -0.25) is 10.0 Å². The molecule has 0 saturated carbocycles. The third-order valence-electron chi connectivity index (χ3n) is 5.21. The SMILES string of the molecule is O=C(/C=C/c1ccc2c(c1)CCC2NCCn1ccc2ccccc21)NO. The Bertz CT molecular complexity index is 990. The van der Waals surface area contributed by atoms with E-state index in [1.54, 1.807) is 11.6 Å². The molecule has 3 aromatic rings. The number of hydroxylamine groups is 1. The van der Waals surface area contributed by atoms with Crippen LogP contribution in [-0.2, 0) is 17.8 Å². The van der Waals surface area contributed by atoms with Crippen LogP contribution >= 0.6 is 0 Å². The number of benzene rings is 2. The summed E-state index contributed by atoms with van der Waals surface area (Å²) in [5.74, 6) is -0.521. The molecule has 0 saturated heterocycles. The lowest BCUT2D eigenvalue weighted by Crippen LogP contribution is -2.23. The van der Waals surface area contributed by atoms with Crippen molar-refractivity contribution in [3.05, 3.63) is 77.5 Å². The maximum Gasteiger partial charge on any atom is 0.267 e. The fourth-order valence-electron chi connectivity index (χ4n) is 3.86. The first-order valence-electron chi connectivity index (χ1n) is 9.27. The average Bonchev–Trinajstić information content (AvgIpc) is 3.30. The van der Waals surface area contributed by atoms with Crippen molar-refractivity contribution in [3.8, 4) is 0 Å². The van der Waals surface area contributed by atoms with E-state index in [9.17, 15) is 4.79 Å². The molecule has 0 radical (unpaired) electrons. The molecule has 0 bridgehead atoms. The molecular weight excluding hydrogens is 338 g/mol. The predicted octanol–water partition coefficient (Wildman–Crippen LogP) is 3.44. The number of rotatable bonds is 6. The summed E-state index contributed by atoms with van der Waals surface area (Å²) >= 11 is 0. The number of para-hydroxylation sites is 1. The van der Waals surface area contributed by atoms with E-state index in [1.165, 1.54) is 28.1 Å².